The van der Waals surface area contributed by atoms with E-state index in [0.29, 0.717) is 6.61 Å². The Balaban J connectivity index is 2.14. The van der Waals surface area contributed by atoms with E-state index in [9.17, 15) is 4.79 Å². The molecule has 0 spiro atoms. The molecule has 2 rings (SSSR count). The van der Waals surface area contributed by atoms with Crippen molar-refractivity contribution in [1.82, 2.24) is 5.32 Å². The molecule has 1 aliphatic heterocycles. The van der Waals surface area contributed by atoms with Gasteiger partial charge < -0.3 is 10.1 Å². The van der Waals surface area contributed by atoms with Gasteiger partial charge in [0.1, 0.15) is 11.1 Å². The van der Waals surface area contributed by atoms with E-state index in [1.165, 1.54) is 0 Å². The van der Waals surface area contributed by atoms with Gasteiger partial charge in [-0.1, -0.05) is 6.07 Å². The highest BCUT2D eigenvalue weighted by atomic mass is 35.5. The zero-order valence-corrected chi connectivity index (χ0v) is 11.7. The van der Waals surface area contributed by atoms with Crippen LogP contribution in [0.25, 0.3) is 0 Å². The van der Waals surface area contributed by atoms with Crippen molar-refractivity contribution in [2.75, 3.05) is 6.61 Å². The predicted molar refractivity (Wildman–Crippen MR) is 72.1 cm³/mol. The lowest BCUT2D eigenvalue weighted by Crippen LogP contribution is -2.42. The van der Waals surface area contributed by atoms with Crippen molar-refractivity contribution < 1.29 is 9.53 Å². The first kappa shape index (κ1) is 13.2. The van der Waals surface area contributed by atoms with Crippen LogP contribution in [0, 0.1) is 0 Å². The molecule has 98 valence electrons. The van der Waals surface area contributed by atoms with Crippen molar-refractivity contribution >= 4 is 17.5 Å². The zero-order valence-electron chi connectivity index (χ0n) is 10.9. The summed E-state index contributed by atoms with van der Waals surface area (Å²) in [5, 5.41) is 2.23. The van der Waals surface area contributed by atoms with Crippen molar-refractivity contribution in [2.24, 2.45) is 0 Å². The minimum Gasteiger partial charge on any atom is -0.493 e. The highest BCUT2D eigenvalue weighted by molar-refractivity contribution is 6.30. The molecule has 1 aliphatic rings. The van der Waals surface area contributed by atoms with Crippen LogP contribution in [-0.2, 0) is 11.2 Å². The van der Waals surface area contributed by atoms with Crippen LogP contribution < -0.4 is 10.1 Å². The first-order valence-electron chi connectivity index (χ1n) is 6.08. The van der Waals surface area contributed by atoms with Gasteiger partial charge in [-0.05, 0) is 44.0 Å². The first-order valence-corrected chi connectivity index (χ1v) is 6.52. The van der Waals surface area contributed by atoms with Crippen LogP contribution in [-0.4, -0.2) is 18.1 Å². The quantitative estimate of drug-likeness (QED) is 0.837. The number of amides is 1. The van der Waals surface area contributed by atoms with Crippen LogP contribution in [0.2, 0.25) is 0 Å². The van der Waals surface area contributed by atoms with Gasteiger partial charge >= 0.3 is 0 Å². The second-order valence-corrected chi connectivity index (χ2v) is 6.00. The Kier molecular flexibility index (Phi) is 3.53. The van der Waals surface area contributed by atoms with Crippen molar-refractivity contribution in [1.29, 1.82) is 0 Å². The van der Waals surface area contributed by atoms with Gasteiger partial charge in [-0.15, -0.1) is 11.6 Å². The van der Waals surface area contributed by atoms with Gasteiger partial charge in [0.15, 0.2) is 0 Å². The molecule has 1 atom stereocenters. The van der Waals surface area contributed by atoms with E-state index < -0.39 is 5.38 Å². The third-order valence-corrected chi connectivity index (χ3v) is 3.18. The maximum Gasteiger partial charge on any atom is 0.243 e. The molecule has 0 radical (unpaired) electrons. The number of hydrogen-bond donors (Lipinski definition) is 1. The van der Waals surface area contributed by atoms with Gasteiger partial charge in [0, 0.05) is 12.0 Å². The Morgan fingerprint density at radius 3 is 2.83 bits per heavy atom. The summed E-state index contributed by atoms with van der Waals surface area (Å²) in [6.45, 7) is 6.51. The minimum atomic E-state index is -0.657. The van der Waals surface area contributed by atoms with E-state index in [4.69, 9.17) is 16.3 Å². The van der Waals surface area contributed by atoms with Crippen molar-refractivity contribution in [3.05, 3.63) is 29.3 Å². The molecule has 0 saturated heterocycles. The number of carbonyl (C=O) groups is 1. The van der Waals surface area contributed by atoms with Gasteiger partial charge in [0.2, 0.25) is 5.91 Å². The fourth-order valence-corrected chi connectivity index (χ4v) is 2.14. The maximum atomic E-state index is 12.0. The SMILES string of the molecule is CC(C)(C)NC(=O)C(Cl)c1ccc2c(c1)CCO2. The van der Waals surface area contributed by atoms with Gasteiger partial charge in [0.05, 0.1) is 6.61 Å². The highest BCUT2D eigenvalue weighted by Crippen LogP contribution is 2.30. The van der Waals surface area contributed by atoms with E-state index in [1.807, 2.05) is 39.0 Å². The van der Waals surface area contributed by atoms with E-state index in [-0.39, 0.29) is 11.4 Å². The van der Waals surface area contributed by atoms with Crippen LogP contribution in [0.15, 0.2) is 18.2 Å². The van der Waals surface area contributed by atoms with Crippen LogP contribution in [0.3, 0.4) is 0 Å². The molecule has 0 fully saturated rings. The number of halogens is 1. The molecular weight excluding hydrogens is 250 g/mol. The first-order chi connectivity index (χ1) is 8.37. The molecule has 1 aromatic rings. The molecule has 18 heavy (non-hydrogen) atoms. The second kappa shape index (κ2) is 4.81. The molecule has 1 unspecified atom stereocenters. The van der Waals surface area contributed by atoms with Gasteiger partial charge in [-0.2, -0.15) is 0 Å². The Morgan fingerprint density at radius 2 is 2.17 bits per heavy atom. The van der Waals surface area contributed by atoms with Crippen LogP contribution in [0.5, 0.6) is 5.75 Å². The monoisotopic (exact) mass is 267 g/mol. The summed E-state index contributed by atoms with van der Waals surface area (Å²) < 4.78 is 5.43. The largest absolute Gasteiger partial charge is 0.493 e. The number of benzene rings is 1. The molecule has 1 heterocycles. The van der Waals surface area contributed by atoms with Crippen LogP contribution in [0.4, 0.5) is 0 Å². The minimum absolute atomic E-state index is 0.164. The summed E-state index contributed by atoms with van der Waals surface area (Å²) in [6.07, 6.45) is 0.883. The number of alkyl halides is 1. The molecule has 0 aromatic heterocycles. The highest BCUT2D eigenvalue weighted by Gasteiger charge is 2.23. The number of carbonyl (C=O) groups excluding carboxylic acids is 1. The van der Waals surface area contributed by atoms with Gasteiger partial charge in [-0.25, -0.2) is 0 Å². The number of nitrogens with one attached hydrogen (secondary N) is 1. The fourth-order valence-electron chi connectivity index (χ4n) is 1.95. The van der Waals surface area contributed by atoms with E-state index in [0.717, 1.165) is 23.3 Å². The van der Waals surface area contributed by atoms with Crippen molar-refractivity contribution in [2.45, 2.75) is 38.1 Å². The molecular formula is C14H18ClNO2. The average molecular weight is 268 g/mol. The van der Waals surface area contributed by atoms with Crippen LogP contribution >= 0.6 is 11.6 Å². The number of ether oxygens (including phenoxy) is 1. The lowest BCUT2D eigenvalue weighted by Gasteiger charge is -2.22. The summed E-state index contributed by atoms with van der Waals surface area (Å²) in [5.74, 6) is 0.738. The summed E-state index contributed by atoms with van der Waals surface area (Å²) in [7, 11) is 0. The summed E-state index contributed by atoms with van der Waals surface area (Å²) in [5.41, 5.74) is 1.67. The third-order valence-electron chi connectivity index (χ3n) is 2.73. The average Bonchev–Trinajstić information content (AvgIpc) is 2.72. The van der Waals surface area contributed by atoms with Gasteiger partial charge in [0.25, 0.3) is 0 Å². The van der Waals surface area contributed by atoms with E-state index in [2.05, 4.69) is 5.32 Å². The Bertz CT molecular complexity index is 465. The lowest BCUT2D eigenvalue weighted by molar-refractivity contribution is -0.122. The van der Waals surface area contributed by atoms with Crippen molar-refractivity contribution in [3.63, 3.8) is 0 Å². The molecule has 0 aliphatic carbocycles. The smallest absolute Gasteiger partial charge is 0.243 e. The lowest BCUT2D eigenvalue weighted by atomic mass is 10.0. The Hall–Kier alpha value is -1.22. The fraction of sp³-hybridized carbons (Fsp3) is 0.500. The Labute approximate surface area is 112 Å². The zero-order chi connectivity index (χ0) is 13.3. The number of rotatable bonds is 2. The van der Waals surface area contributed by atoms with Crippen LogP contribution in [0.1, 0.15) is 37.3 Å². The van der Waals surface area contributed by atoms with Crippen molar-refractivity contribution in [3.8, 4) is 5.75 Å². The van der Waals surface area contributed by atoms with E-state index in [1.54, 1.807) is 0 Å². The third kappa shape index (κ3) is 2.96. The normalized spacial score (nSPS) is 15.8. The molecule has 1 aromatic carbocycles. The Morgan fingerprint density at radius 1 is 1.44 bits per heavy atom. The predicted octanol–water partition coefficient (Wildman–Crippen LogP) is 2.82. The molecule has 0 bridgehead atoms. The number of fused-ring (bicyclic) bond motifs is 1. The van der Waals surface area contributed by atoms with E-state index >= 15 is 0 Å². The molecule has 3 nitrogen and oxygen atoms in total. The summed E-state index contributed by atoms with van der Waals surface area (Å²) in [4.78, 5) is 12.0. The molecule has 4 heteroatoms. The maximum absolute atomic E-state index is 12.0. The summed E-state index contributed by atoms with van der Waals surface area (Å²) >= 11 is 6.21. The molecule has 1 amide bonds. The molecule has 0 saturated carbocycles. The standard InChI is InChI=1S/C14H18ClNO2/c1-14(2,3)16-13(17)12(15)10-4-5-11-9(8-10)6-7-18-11/h4-5,8,12H,6-7H2,1-3H3,(H,16,17). The number of hydrogen-bond acceptors (Lipinski definition) is 2. The van der Waals surface area contributed by atoms with Gasteiger partial charge in [-0.3, -0.25) is 4.79 Å². The molecule has 1 N–H and O–H groups in total. The summed E-state index contributed by atoms with van der Waals surface area (Å²) in [6, 6.07) is 5.70. The topological polar surface area (TPSA) is 38.3 Å². The second-order valence-electron chi connectivity index (χ2n) is 5.57.